The van der Waals surface area contributed by atoms with Crippen molar-refractivity contribution in [2.24, 2.45) is 0 Å². The summed E-state index contributed by atoms with van der Waals surface area (Å²) < 4.78 is 1.67. The predicted molar refractivity (Wildman–Crippen MR) is 78.3 cm³/mol. The standard InChI is InChI=1S/C15H17N3O3/c1-3-18-9-12(8-16-18)14(19)17-13-6-4-11(5-7-13)10(2)15(20)21/h4-10H,3H2,1-2H3,(H,17,19)(H,20,21). The van der Waals surface area contributed by atoms with Gasteiger partial charge in [0.2, 0.25) is 0 Å². The number of anilines is 1. The van der Waals surface area contributed by atoms with Gasteiger partial charge in [0.05, 0.1) is 17.7 Å². The van der Waals surface area contributed by atoms with Crippen LogP contribution < -0.4 is 5.32 Å². The van der Waals surface area contributed by atoms with E-state index >= 15 is 0 Å². The lowest BCUT2D eigenvalue weighted by atomic mass is 10.0. The lowest BCUT2D eigenvalue weighted by Crippen LogP contribution is -2.11. The van der Waals surface area contributed by atoms with Gasteiger partial charge < -0.3 is 10.4 Å². The van der Waals surface area contributed by atoms with E-state index in [-0.39, 0.29) is 5.91 Å². The van der Waals surface area contributed by atoms with Crippen molar-refractivity contribution in [1.82, 2.24) is 9.78 Å². The summed E-state index contributed by atoms with van der Waals surface area (Å²) in [6.45, 7) is 4.27. The number of carbonyl (C=O) groups is 2. The van der Waals surface area contributed by atoms with Crippen LogP contribution in [0.3, 0.4) is 0 Å². The summed E-state index contributed by atoms with van der Waals surface area (Å²) in [5.41, 5.74) is 1.80. The molecule has 1 unspecified atom stereocenters. The van der Waals surface area contributed by atoms with Crippen LogP contribution in [0.4, 0.5) is 5.69 Å². The van der Waals surface area contributed by atoms with Crippen molar-refractivity contribution in [2.45, 2.75) is 26.3 Å². The molecule has 6 heteroatoms. The lowest BCUT2D eigenvalue weighted by molar-refractivity contribution is -0.138. The number of nitrogens with one attached hydrogen (secondary N) is 1. The van der Waals surface area contributed by atoms with Crippen molar-refractivity contribution in [3.8, 4) is 0 Å². The molecule has 6 nitrogen and oxygen atoms in total. The van der Waals surface area contributed by atoms with Gasteiger partial charge in [-0.3, -0.25) is 14.3 Å². The quantitative estimate of drug-likeness (QED) is 0.884. The van der Waals surface area contributed by atoms with Crippen LogP contribution in [0.15, 0.2) is 36.7 Å². The molecule has 0 radical (unpaired) electrons. The molecular weight excluding hydrogens is 270 g/mol. The second-order valence-corrected chi connectivity index (χ2v) is 4.72. The van der Waals surface area contributed by atoms with E-state index in [1.807, 2.05) is 6.92 Å². The molecule has 0 aliphatic heterocycles. The van der Waals surface area contributed by atoms with E-state index in [0.717, 1.165) is 0 Å². The summed E-state index contributed by atoms with van der Waals surface area (Å²) in [7, 11) is 0. The number of carboxylic acid groups (broad SMARTS) is 1. The van der Waals surface area contributed by atoms with Gasteiger partial charge in [-0.15, -0.1) is 0 Å². The highest BCUT2D eigenvalue weighted by molar-refractivity contribution is 6.03. The minimum atomic E-state index is -0.876. The number of nitrogens with zero attached hydrogens (tertiary/aromatic N) is 2. The highest BCUT2D eigenvalue weighted by Gasteiger charge is 2.14. The van der Waals surface area contributed by atoms with Crippen LogP contribution in [0, 0.1) is 0 Å². The van der Waals surface area contributed by atoms with Crippen molar-refractivity contribution in [2.75, 3.05) is 5.32 Å². The maximum absolute atomic E-state index is 12.0. The molecule has 110 valence electrons. The van der Waals surface area contributed by atoms with Crippen molar-refractivity contribution in [3.05, 3.63) is 47.8 Å². The van der Waals surface area contributed by atoms with Gasteiger partial charge in [-0.2, -0.15) is 5.10 Å². The third-order valence-electron chi connectivity index (χ3n) is 3.26. The van der Waals surface area contributed by atoms with E-state index in [4.69, 9.17) is 5.11 Å². The summed E-state index contributed by atoms with van der Waals surface area (Å²) in [5.74, 6) is -1.69. The fourth-order valence-electron chi connectivity index (χ4n) is 1.85. The van der Waals surface area contributed by atoms with Crippen molar-refractivity contribution in [1.29, 1.82) is 0 Å². The molecule has 1 amide bonds. The van der Waals surface area contributed by atoms with Gasteiger partial charge >= 0.3 is 5.97 Å². The number of amides is 1. The minimum Gasteiger partial charge on any atom is -0.481 e. The predicted octanol–water partition coefficient (Wildman–Crippen LogP) is 2.34. The Morgan fingerprint density at radius 3 is 2.52 bits per heavy atom. The number of benzene rings is 1. The summed E-state index contributed by atoms with van der Waals surface area (Å²) in [5, 5.41) is 15.7. The molecule has 21 heavy (non-hydrogen) atoms. The van der Waals surface area contributed by atoms with Crippen molar-refractivity contribution in [3.63, 3.8) is 0 Å². The average Bonchev–Trinajstić information content (AvgIpc) is 2.96. The number of carboxylic acids is 1. The summed E-state index contributed by atoms with van der Waals surface area (Å²) in [6.07, 6.45) is 3.19. The fourth-order valence-corrected chi connectivity index (χ4v) is 1.85. The maximum atomic E-state index is 12.0. The number of rotatable bonds is 5. The Hall–Kier alpha value is -2.63. The maximum Gasteiger partial charge on any atom is 0.310 e. The smallest absolute Gasteiger partial charge is 0.310 e. The van der Waals surface area contributed by atoms with E-state index in [0.29, 0.717) is 23.4 Å². The normalized spacial score (nSPS) is 11.9. The number of aryl methyl sites for hydroxylation is 1. The van der Waals surface area contributed by atoms with Gasteiger partial charge in [0.25, 0.3) is 5.91 Å². The highest BCUT2D eigenvalue weighted by Crippen LogP contribution is 2.18. The molecule has 1 aromatic carbocycles. The average molecular weight is 287 g/mol. The Morgan fingerprint density at radius 2 is 2.00 bits per heavy atom. The zero-order valence-electron chi connectivity index (χ0n) is 11.9. The first-order valence-corrected chi connectivity index (χ1v) is 6.68. The largest absolute Gasteiger partial charge is 0.481 e. The molecule has 0 saturated heterocycles. The Balaban J connectivity index is 2.06. The lowest BCUT2D eigenvalue weighted by Gasteiger charge is -2.08. The van der Waals surface area contributed by atoms with Crippen molar-refractivity contribution >= 4 is 17.6 Å². The van der Waals surface area contributed by atoms with Crippen LogP contribution in [0.1, 0.15) is 35.7 Å². The first-order chi connectivity index (χ1) is 10.0. The zero-order chi connectivity index (χ0) is 15.4. The first-order valence-electron chi connectivity index (χ1n) is 6.68. The Morgan fingerprint density at radius 1 is 1.33 bits per heavy atom. The van der Waals surface area contributed by atoms with E-state index in [1.54, 1.807) is 42.1 Å². The number of carbonyl (C=O) groups excluding carboxylic acids is 1. The van der Waals surface area contributed by atoms with Crippen LogP contribution in [-0.2, 0) is 11.3 Å². The monoisotopic (exact) mass is 287 g/mol. The van der Waals surface area contributed by atoms with Gasteiger partial charge in [-0.25, -0.2) is 0 Å². The number of aromatic nitrogens is 2. The Kier molecular flexibility index (Phi) is 4.37. The number of hydrogen-bond donors (Lipinski definition) is 2. The van der Waals surface area contributed by atoms with Crippen LogP contribution in [-0.4, -0.2) is 26.8 Å². The van der Waals surface area contributed by atoms with Crippen LogP contribution in [0.25, 0.3) is 0 Å². The third kappa shape index (κ3) is 3.47. The first kappa shape index (κ1) is 14.8. The van der Waals surface area contributed by atoms with Crippen LogP contribution in [0.2, 0.25) is 0 Å². The molecule has 2 aromatic rings. The van der Waals surface area contributed by atoms with E-state index in [1.165, 1.54) is 6.20 Å². The zero-order valence-corrected chi connectivity index (χ0v) is 11.9. The topological polar surface area (TPSA) is 84.2 Å². The molecule has 0 bridgehead atoms. The molecule has 0 spiro atoms. The van der Waals surface area contributed by atoms with Crippen LogP contribution >= 0.6 is 0 Å². The Bertz CT molecular complexity index is 646. The molecule has 0 aliphatic carbocycles. The van der Waals surface area contributed by atoms with E-state index < -0.39 is 11.9 Å². The van der Waals surface area contributed by atoms with Gasteiger partial charge in [0.1, 0.15) is 0 Å². The SMILES string of the molecule is CCn1cc(C(=O)Nc2ccc(C(C)C(=O)O)cc2)cn1. The molecule has 1 aromatic heterocycles. The molecule has 1 heterocycles. The number of hydrogen-bond acceptors (Lipinski definition) is 3. The van der Waals surface area contributed by atoms with E-state index in [9.17, 15) is 9.59 Å². The van der Waals surface area contributed by atoms with Crippen LogP contribution in [0.5, 0.6) is 0 Å². The molecule has 0 fully saturated rings. The second-order valence-electron chi connectivity index (χ2n) is 4.72. The molecule has 2 rings (SSSR count). The van der Waals surface area contributed by atoms with Crippen molar-refractivity contribution < 1.29 is 14.7 Å². The Labute approximate surface area is 122 Å². The molecular formula is C15H17N3O3. The summed E-state index contributed by atoms with van der Waals surface area (Å²) in [6, 6.07) is 6.78. The minimum absolute atomic E-state index is 0.242. The molecule has 0 saturated carbocycles. The number of aliphatic carboxylic acids is 1. The van der Waals surface area contributed by atoms with Gasteiger partial charge in [-0.1, -0.05) is 12.1 Å². The third-order valence-corrected chi connectivity index (χ3v) is 3.26. The van der Waals surface area contributed by atoms with Gasteiger partial charge in [0.15, 0.2) is 0 Å². The second kappa shape index (κ2) is 6.21. The molecule has 0 aliphatic rings. The highest BCUT2D eigenvalue weighted by atomic mass is 16.4. The fraction of sp³-hybridized carbons (Fsp3) is 0.267. The summed E-state index contributed by atoms with van der Waals surface area (Å²) in [4.78, 5) is 22.9. The molecule has 1 atom stereocenters. The molecule has 2 N–H and O–H groups in total. The van der Waals surface area contributed by atoms with Gasteiger partial charge in [0, 0.05) is 18.4 Å². The van der Waals surface area contributed by atoms with E-state index in [2.05, 4.69) is 10.4 Å². The summed E-state index contributed by atoms with van der Waals surface area (Å²) >= 11 is 0. The van der Waals surface area contributed by atoms with Gasteiger partial charge in [-0.05, 0) is 31.5 Å².